The molecule has 8 aromatic carbocycles. The van der Waals surface area contributed by atoms with Gasteiger partial charge < -0.3 is 0 Å². The van der Waals surface area contributed by atoms with Gasteiger partial charge in [0.2, 0.25) is 0 Å². The van der Waals surface area contributed by atoms with Gasteiger partial charge in [-0.05, 0) is 145 Å². The third-order valence-corrected chi connectivity index (χ3v) is 14.9. The Kier molecular flexibility index (Phi) is 7.11. The van der Waals surface area contributed by atoms with E-state index in [4.69, 9.17) is 0 Å². The van der Waals surface area contributed by atoms with Crippen molar-refractivity contribution in [3.63, 3.8) is 0 Å². The molecule has 0 aromatic heterocycles. The van der Waals surface area contributed by atoms with Crippen molar-refractivity contribution in [2.45, 2.75) is 37.8 Å². The summed E-state index contributed by atoms with van der Waals surface area (Å²) >= 11 is 8.09. The summed E-state index contributed by atoms with van der Waals surface area (Å²) in [6.45, 7) is 6.41. The van der Waals surface area contributed by atoms with Gasteiger partial charge in [0.15, 0.2) is 0 Å². The number of benzene rings is 8. The lowest BCUT2D eigenvalue weighted by atomic mass is 9.69. The predicted octanol–water partition coefficient (Wildman–Crippen LogP) is 15.5. The van der Waals surface area contributed by atoms with Crippen molar-refractivity contribution in [2.24, 2.45) is 0 Å². The van der Waals surface area contributed by atoms with Gasteiger partial charge in [-0.3, -0.25) is 0 Å². The van der Waals surface area contributed by atoms with E-state index in [-0.39, 0.29) is 0 Å². The predicted molar refractivity (Wildman–Crippen MR) is 239 cm³/mol. The van der Waals surface area contributed by atoms with Crippen LogP contribution in [-0.2, 0) is 17.0 Å². The lowest BCUT2D eigenvalue weighted by molar-refractivity contribution is -0.137. The lowest BCUT2D eigenvalue weighted by Crippen LogP contribution is -2.27. The summed E-state index contributed by atoms with van der Waals surface area (Å²) in [5, 5.41) is 0. The lowest BCUT2D eigenvalue weighted by Gasteiger charge is -2.32. The molecule has 0 heterocycles. The van der Waals surface area contributed by atoms with Gasteiger partial charge in [-0.25, -0.2) is 0 Å². The maximum atomic E-state index is 14.7. The monoisotopic (exact) mass is 896 g/mol. The van der Waals surface area contributed by atoms with Crippen LogP contribution in [0.2, 0.25) is 0 Å². The molecule has 2 spiro atoms. The highest BCUT2D eigenvalue weighted by molar-refractivity contribution is 9.10. The molecule has 0 nitrogen and oxygen atoms in total. The van der Waals surface area contributed by atoms with Gasteiger partial charge in [-0.1, -0.05) is 170 Å². The van der Waals surface area contributed by atoms with Crippen LogP contribution in [0, 0.1) is 20.8 Å². The number of halogens is 5. The summed E-state index contributed by atoms with van der Waals surface area (Å²) in [7, 11) is 0. The molecule has 12 rings (SSSR count). The summed E-state index contributed by atoms with van der Waals surface area (Å²) in [4.78, 5) is 0. The van der Waals surface area contributed by atoms with E-state index < -0.39 is 22.6 Å². The zero-order chi connectivity index (χ0) is 40.3. The van der Waals surface area contributed by atoms with Crippen molar-refractivity contribution >= 4 is 31.9 Å². The van der Waals surface area contributed by atoms with Crippen LogP contribution in [0.5, 0.6) is 0 Å². The van der Waals surface area contributed by atoms with Crippen LogP contribution in [-0.4, -0.2) is 0 Å². The molecule has 1 atom stereocenters. The highest BCUT2D eigenvalue weighted by Crippen LogP contribution is 2.69. The highest BCUT2D eigenvalue weighted by atomic mass is 79.9. The summed E-state index contributed by atoms with van der Waals surface area (Å²) in [5.74, 6) is 0. The highest BCUT2D eigenvalue weighted by Gasteiger charge is 2.56. The van der Waals surface area contributed by atoms with Crippen molar-refractivity contribution in [1.82, 2.24) is 0 Å². The van der Waals surface area contributed by atoms with Crippen LogP contribution >= 0.6 is 31.9 Å². The van der Waals surface area contributed by atoms with E-state index in [2.05, 4.69) is 174 Å². The number of hydrogen-bond donors (Lipinski definition) is 0. The third kappa shape index (κ3) is 4.30. The van der Waals surface area contributed by atoms with Crippen LogP contribution < -0.4 is 0 Å². The normalized spacial score (nSPS) is 16.7. The van der Waals surface area contributed by atoms with Crippen molar-refractivity contribution in [1.29, 1.82) is 0 Å². The second kappa shape index (κ2) is 11.8. The molecule has 0 fully saturated rings. The number of rotatable bonds is 1. The first-order valence-corrected chi connectivity index (χ1v) is 21.5. The van der Waals surface area contributed by atoms with Crippen molar-refractivity contribution in [3.8, 4) is 55.6 Å². The Balaban J connectivity index is 1.22. The minimum absolute atomic E-state index is 0.571. The zero-order valence-electron chi connectivity index (χ0n) is 32.2. The number of fused-ring (bicyclic) bond motifs is 20. The molecule has 0 saturated heterocycles. The van der Waals surface area contributed by atoms with E-state index in [1.807, 2.05) is 6.07 Å². The van der Waals surface area contributed by atoms with E-state index >= 15 is 0 Å². The number of alkyl halides is 3. The molecule has 5 heteroatoms. The SMILES string of the molecule is Cc1ccc2c(c1)C1(c3cc(C)ccc3-2)c2cccc(-c3cccc4c3-c3cccc(Br)c3C43c4cc(C)ccc4-c4ccc(C(F)(F)F)cc43)c2-c2cccc(Br)c21. The van der Waals surface area contributed by atoms with E-state index in [1.54, 1.807) is 6.07 Å². The van der Waals surface area contributed by atoms with Gasteiger partial charge in [-0.15, -0.1) is 0 Å². The average Bonchev–Trinajstić information content (AvgIpc) is 3.89. The van der Waals surface area contributed by atoms with Crippen LogP contribution in [0.4, 0.5) is 13.2 Å². The molecular weight excluding hydrogens is 865 g/mol. The van der Waals surface area contributed by atoms with Gasteiger partial charge >= 0.3 is 6.18 Å². The Morgan fingerprint density at radius 2 is 0.729 bits per heavy atom. The maximum Gasteiger partial charge on any atom is 0.416 e. The molecule has 8 aromatic rings. The summed E-state index contributed by atoms with van der Waals surface area (Å²) < 4.78 is 46.0. The van der Waals surface area contributed by atoms with Crippen molar-refractivity contribution < 1.29 is 13.2 Å². The van der Waals surface area contributed by atoms with Gasteiger partial charge in [0.05, 0.1) is 16.4 Å². The molecule has 1 unspecified atom stereocenters. The smallest absolute Gasteiger partial charge is 0.166 e. The standard InChI is InChI=1S/C54H33Br2F3/c1-28-16-20-32-33-21-17-29(2)25-43(33)52(42(32)24-28)40-12-4-8-36(48(40)38-10-6-14-46(55)50(38)52)37-9-5-13-41-49(37)39-11-7-15-47(56)51(39)53(41)44-26-30(3)18-22-34(44)35-23-19-31(27-45(35)53)54(57,58)59/h4-27H,1-3H3. The first-order valence-electron chi connectivity index (χ1n) is 19.9. The molecule has 0 amide bonds. The maximum absolute atomic E-state index is 14.7. The van der Waals surface area contributed by atoms with Crippen LogP contribution in [0.3, 0.4) is 0 Å². The number of hydrogen-bond acceptors (Lipinski definition) is 0. The van der Waals surface area contributed by atoms with E-state index in [0.29, 0.717) is 5.56 Å². The molecule has 0 saturated carbocycles. The first-order chi connectivity index (χ1) is 28.4. The molecule has 0 aliphatic heterocycles. The van der Waals surface area contributed by atoms with Crippen LogP contribution in [0.1, 0.15) is 66.8 Å². The topological polar surface area (TPSA) is 0 Å². The quantitative estimate of drug-likeness (QED) is 0.154. The third-order valence-electron chi connectivity index (χ3n) is 13.6. The summed E-state index contributed by atoms with van der Waals surface area (Å²) in [6, 6.07) is 50.4. The summed E-state index contributed by atoms with van der Waals surface area (Å²) in [6.07, 6.45) is -4.50. The van der Waals surface area contributed by atoms with Gasteiger partial charge in [0.25, 0.3) is 0 Å². The molecular formula is C54H33Br2F3. The Hall–Kier alpha value is -5.49. The van der Waals surface area contributed by atoms with Crippen LogP contribution in [0.25, 0.3) is 55.6 Å². The second-order valence-corrected chi connectivity index (χ2v) is 18.4. The Morgan fingerprint density at radius 3 is 1.14 bits per heavy atom. The minimum atomic E-state index is -4.50. The molecule has 0 radical (unpaired) electrons. The molecule has 59 heavy (non-hydrogen) atoms. The number of aryl methyl sites for hydroxylation is 3. The van der Waals surface area contributed by atoms with E-state index in [9.17, 15) is 13.2 Å². The fraction of sp³-hybridized carbons (Fsp3) is 0.111. The molecule has 0 bridgehead atoms. The van der Waals surface area contributed by atoms with Crippen molar-refractivity contribution in [3.05, 3.63) is 221 Å². The average molecular weight is 899 g/mol. The van der Waals surface area contributed by atoms with E-state index in [1.165, 1.54) is 67.8 Å². The Morgan fingerprint density at radius 1 is 0.373 bits per heavy atom. The Bertz CT molecular complexity index is 3170. The minimum Gasteiger partial charge on any atom is -0.166 e. The largest absolute Gasteiger partial charge is 0.416 e. The fourth-order valence-corrected chi connectivity index (χ4v) is 12.9. The van der Waals surface area contributed by atoms with Crippen molar-refractivity contribution in [2.75, 3.05) is 0 Å². The molecule has 0 N–H and O–H groups in total. The van der Waals surface area contributed by atoms with Crippen LogP contribution in [0.15, 0.2) is 155 Å². The van der Waals surface area contributed by atoms with Gasteiger partial charge in [0.1, 0.15) is 0 Å². The Labute approximate surface area is 357 Å². The van der Waals surface area contributed by atoms with Gasteiger partial charge in [-0.2, -0.15) is 13.2 Å². The molecule has 4 aliphatic carbocycles. The van der Waals surface area contributed by atoms with Gasteiger partial charge in [0, 0.05) is 8.95 Å². The zero-order valence-corrected chi connectivity index (χ0v) is 35.4. The fourth-order valence-electron chi connectivity index (χ4n) is 11.5. The molecule has 284 valence electrons. The molecule has 4 aliphatic rings. The first kappa shape index (κ1) is 35.5. The second-order valence-electron chi connectivity index (χ2n) is 16.7. The van der Waals surface area contributed by atoms with E-state index in [0.717, 1.165) is 64.6 Å². The summed E-state index contributed by atoms with van der Waals surface area (Å²) in [5.41, 5.74) is 20.8.